The highest BCUT2D eigenvalue weighted by atomic mass is 35.5. The Kier molecular flexibility index (Phi) is 7.08. The molecule has 4 rings (SSSR count). The lowest BCUT2D eigenvalue weighted by Crippen LogP contribution is -2.35. The van der Waals surface area contributed by atoms with Gasteiger partial charge in [-0.25, -0.2) is 9.35 Å². The van der Waals surface area contributed by atoms with E-state index in [2.05, 4.69) is 22.0 Å². The quantitative estimate of drug-likeness (QED) is 0.489. The third-order valence-corrected chi connectivity index (χ3v) is 6.41. The summed E-state index contributed by atoms with van der Waals surface area (Å²) in [6.07, 6.45) is 5.92. The maximum atomic E-state index is 12.5. The number of nitriles is 1. The van der Waals surface area contributed by atoms with Crippen LogP contribution in [0.15, 0.2) is 42.6 Å². The van der Waals surface area contributed by atoms with Crippen molar-refractivity contribution in [3.8, 4) is 6.07 Å². The SMILES string of the molecule is CC(C)(Cc1cc(NC2CCC(N)CC2)c(C#N)c2ccnn12)O[N]C(=O)c1ccccc1Cl. The molecule has 0 unspecified atom stereocenters. The number of benzene rings is 1. The lowest BCUT2D eigenvalue weighted by molar-refractivity contribution is -0.0756. The normalized spacial score (nSPS) is 18.4. The summed E-state index contributed by atoms with van der Waals surface area (Å²) in [5, 5.41) is 18.2. The van der Waals surface area contributed by atoms with Gasteiger partial charge in [-0.1, -0.05) is 29.2 Å². The smallest absolute Gasteiger partial charge is 0.301 e. The summed E-state index contributed by atoms with van der Waals surface area (Å²) in [6, 6.07) is 13.3. The van der Waals surface area contributed by atoms with Gasteiger partial charge in [-0.3, -0.25) is 4.79 Å². The van der Waals surface area contributed by atoms with E-state index in [0.29, 0.717) is 17.0 Å². The molecule has 1 saturated carbocycles. The first-order valence-electron chi connectivity index (χ1n) is 11.4. The highest BCUT2D eigenvalue weighted by Gasteiger charge is 2.27. The van der Waals surface area contributed by atoms with Gasteiger partial charge in [0.05, 0.1) is 33.6 Å². The molecule has 0 atom stereocenters. The number of carbonyl (C=O) groups is 1. The Bertz CT molecular complexity index is 1220. The van der Waals surface area contributed by atoms with Crippen LogP contribution in [0.4, 0.5) is 5.69 Å². The zero-order valence-electron chi connectivity index (χ0n) is 19.3. The van der Waals surface area contributed by atoms with Gasteiger partial charge < -0.3 is 11.1 Å². The van der Waals surface area contributed by atoms with Gasteiger partial charge in [-0.05, 0) is 63.8 Å². The molecule has 1 radical (unpaired) electrons. The first-order valence-corrected chi connectivity index (χ1v) is 11.7. The second-order valence-electron chi connectivity index (χ2n) is 9.32. The fourth-order valence-electron chi connectivity index (χ4n) is 4.32. The molecule has 0 saturated heterocycles. The van der Waals surface area contributed by atoms with Gasteiger partial charge in [-0.2, -0.15) is 10.4 Å². The number of nitrogens with zero attached hydrogens (tertiary/aromatic N) is 4. The van der Waals surface area contributed by atoms with Crippen LogP contribution in [0.2, 0.25) is 5.02 Å². The third-order valence-electron chi connectivity index (χ3n) is 6.08. The van der Waals surface area contributed by atoms with Crippen LogP contribution < -0.4 is 16.5 Å². The zero-order valence-corrected chi connectivity index (χ0v) is 20.0. The van der Waals surface area contributed by atoms with Gasteiger partial charge >= 0.3 is 5.91 Å². The Balaban J connectivity index is 1.54. The number of hydrogen-bond acceptors (Lipinski definition) is 6. The van der Waals surface area contributed by atoms with Crippen molar-refractivity contribution in [3.05, 3.63) is 64.4 Å². The molecular formula is C25H28ClN6O2. The van der Waals surface area contributed by atoms with Gasteiger partial charge in [0.2, 0.25) is 0 Å². The minimum atomic E-state index is -0.821. The Morgan fingerprint density at radius 1 is 1.32 bits per heavy atom. The first kappa shape index (κ1) is 24.0. The molecule has 177 valence electrons. The number of amides is 1. The van der Waals surface area contributed by atoms with Crippen LogP contribution in [0.1, 0.15) is 61.1 Å². The van der Waals surface area contributed by atoms with Gasteiger partial charge in [-0.15, -0.1) is 0 Å². The summed E-state index contributed by atoms with van der Waals surface area (Å²) in [5.74, 6) is -0.541. The molecular weight excluding hydrogens is 452 g/mol. The van der Waals surface area contributed by atoms with Crippen molar-refractivity contribution < 1.29 is 9.63 Å². The average Bonchev–Trinajstić information content (AvgIpc) is 3.30. The van der Waals surface area contributed by atoms with Crippen LogP contribution in [0.3, 0.4) is 0 Å². The minimum Gasteiger partial charge on any atom is -0.381 e. The number of nitrogens with one attached hydrogen (secondary N) is 1. The molecule has 0 spiro atoms. The number of anilines is 1. The molecule has 3 N–H and O–H groups in total. The maximum Gasteiger partial charge on any atom is 0.301 e. The Hall–Kier alpha value is -3.12. The molecule has 1 aromatic carbocycles. The number of hydrogen-bond donors (Lipinski definition) is 2. The van der Waals surface area contributed by atoms with E-state index in [9.17, 15) is 10.1 Å². The number of aromatic nitrogens is 2. The molecule has 9 heteroatoms. The maximum absolute atomic E-state index is 12.5. The van der Waals surface area contributed by atoms with E-state index < -0.39 is 11.5 Å². The number of rotatable bonds is 7. The Labute approximate surface area is 204 Å². The minimum absolute atomic E-state index is 0.247. The van der Waals surface area contributed by atoms with Crippen molar-refractivity contribution in [2.24, 2.45) is 5.73 Å². The van der Waals surface area contributed by atoms with Crippen LogP contribution in [0, 0.1) is 11.3 Å². The second-order valence-corrected chi connectivity index (χ2v) is 9.73. The van der Waals surface area contributed by atoms with Crippen LogP contribution in [0.5, 0.6) is 0 Å². The Morgan fingerprint density at radius 3 is 2.76 bits per heavy atom. The molecule has 8 nitrogen and oxygen atoms in total. The average molecular weight is 480 g/mol. The zero-order chi connectivity index (χ0) is 24.3. The van der Waals surface area contributed by atoms with Crippen molar-refractivity contribution in [3.63, 3.8) is 0 Å². The molecule has 2 heterocycles. The number of pyridine rings is 1. The van der Waals surface area contributed by atoms with Crippen LogP contribution in [0.25, 0.3) is 5.52 Å². The lowest BCUT2D eigenvalue weighted by Gasteiger charge is -2.29. The molecule has 1 fully saturated rings. The number of hydroxylamine groups is 1. The molecule has 1 aliphatic carbocycles. The van der Waals surface area contributed by atoms with Crippen LogP contribution >= 0.6 is 11.6 Å². The van der Waals surface area contributed by atoms with Crippen molar-refractivity contribution in [2.45, 2.75) is 63.6 Å². The van der Waals surface area contributed by atoms with Gasteiger partial charge in [0.25, 0.3) is 0 Å². The van der Waals surface area contributed by atoms with E-state index in [4.69, 9.17) is 22.2 Å². The van der Waals surface area contributed by atoms with Crippen molar-refractivity contribution >= 4 is 28.7 Å². The number of fused-ring (bicyclic) bond motifs is 1. The summed E-state index contributed by atoms with van der Waals surface area (Å²) < 4.78 is 1.74. The second kappa shape index (κ2) is 10.0. The molecule has 0 bridgehead atoms. The molecule has 0 aliphatic heterocycles. The third kappa shape index (κ3) is 5.33. The van der Waals surface area contributed by atoms with Gasteiger partial charge in [0.15, 0.2) is 0 Å². The van der Waals surface area contributed by atoms with E-state index in [-0.39, 0.29) is 17.6 Å². The predicted octanol–water partition coefficient (Wildman–Crippen LogP) is 4.24. The molecule has 1 aliphatic rings. The standard InChI is InChI=1S/C25H28ClN6O2/c1-25(2,34-31-24(33)19-5-3-4-6-21(19)26)14-18-13-22(30-17-9-7-16(28)8-10-17)20(15-27)23-11-12-29-32(18)23/h3-6,11-13,16-17,30H,7-10,14,28H2,1-2H3. The summed E-state index contributed by atoms with van der Waals surface area (Å²) in [4.78, 5) is 18.1. The highest BCUT2D eigenvalue weighted by molar-refractivity contribution is 6.33. The van der Waals surface area contributed by atoms with Gasteiger partial charge in [0, 0.05) is 24.2 Å². The van der Waals surface area contributed by atoms with Crippen LogP contribution in [-0.2, 0) is 11.3 Å². The largest absolute Gasteiger partial charge is 0.381 e. The monoisotopic (exact) mass is 479 g/mol. The first-order chi connectivity index (χ1) is 16.3. The van der Waals surface area contributed by atoms with E-state index in [1.165, 1.54) is 0 Å². The predicted molar refractivity (Wildman–Crippen MR) is 131 cm³/mol. The van der Waals surface area contributed by atoms with Crippen LogP contribution in [-0.4, -0.2) is 33.2 Å². The lowest BCUT2D eigenvalue weighted by atomic mass is 9.91. The Morgan fingerprint density at radius 2 is 2.06 bits per heavy atom. The molecule has 3 aromatic rings. The number of nitrogens with two attached hydrogens (primary N) is 1. The van der Waals surface area contributed by atoms with Crippen molar-refractivity contribution in [2.75, 3.05) is 5.32 Å². The van der Waals surface area contributed by atoms with E-state index in [0.717, 1.165) is 42.6 Å². The summed E-state index contributed by atoms with van der Waals surface area (Å²) in [7, 11) is 0. The summed E-state index contributed by atoms with van der Waals surface area (Å²) in [6.45, 7) is 3.69. The molecule has 1 amide bonds. The number of halogens is 1. The highest BCUT2D eigenvalue weighted by Crippen LogP contribution is 2.29. The summed E-state index contributed by atoms with van der Waals surface area (Å²) >= 11 is 6.10. The van der Waals surface area contributed by atoms with E-state index in [1.54, 1.807) is 35.0 Å². The van der Waals surface area contributed by atoms with Crippen molar-refractivity contribution in [1.82, 2.24) is 15.1 Å². The molecule has 34 heavy (non-hydrogen) atoms. The van der Waals surface area contributed by atoms with Crippen molar-refractivity contribution in [1.29, 1.82) is 5.26 Å². The summed E-state index contributed by atoms with van der Waals surface area (Å²) in [5.41, 5.74) is 12.2. The van der Waals surface area contributed by atoms with E-state index in [1.807, 2.05) is 26.0 Å². The van der Waals surface area contributed by atoms with Gasteiger partial charge in [0.1, 0.15) is 11.6 Å². The number of carbonyl (C=O) groups excluding carboxylic acids is 1. The molecule has 2 aromatic heterocycles. The van der Waals surface area contributed by atoms with E-state index >= 15 is 0 Å². The topological polar surface area (TPSA) is 120 Å². The fraction of sp³-hybridized carbons (Fsp3) is 0.400. The fourth-order valence-corrected chi connectivity index (χ4v) is 4.53.